The summed E-state index contributed by atoms with van der Waals surface area (Å²) in [6, 6.07) is 49.7. The van der Waals surface area contributed by atoms with E-state index in [1.54, 1.807) is 0 Å². The largest absolute Gasteiger partial charge is 0.454 e. The molecule has 8 rings (SSSR count). The van der Waals surface area contributed by atoms with Crippen molar-refractivity contribution in [3.8, 4) is 11.1 Å². The van der Waals surface area contributed by atoms with E-state index in [0.29, 0.717) is 0 Å². The Morgan fingerprint density at radius 1 is 0.512 bits per heavy atom. The Morgan fingerprint density at radius 3 is 2.00 bits per heavy atom. The van der Waals surface area contributed by atoms with Gasteiger partial charge in [-0.1, -0.05) is 84.9 Å². The summed E-state index contributed by atoms with van der Waals surface area (Å²) in [6.07, 6.45) is 0. The van der Waals surface area contributed by atoms with Crippen LogP contribution >= 0.6 is 0 Å². The van der Waals surface area contributed by atoms with Gasteiger partial charge in [0, 0.05) is 49.5 Å². The lowest BCUT2D eigenvalue weighted by Crippen LogP contribution is -2.21. The van der Waals surface area contributed by atoms with Crippen molar-refractivity contribution < 1.29 is 4.42 Å². The number of furan rings is 1. The highest BCUT2D eigenvalue weighted by molar-refractivity contribution is 6.11. The molecule has 208 valence electrons. The average Bonchev–Trinajstić information content (AvgIpc) is 3.58. The summed E-state index contributed by atoms with van der Waals surface area (Å²) in [5.74, 6) is 0. The van der Waals surface area contributed by atoms with Gasteiger partial charge < -0.3 is 13.9 Å². The molecule has 43 heavy (non-hydrogen) atoms. The highest BCUT2D eigenvalue weighted by Crippen LogP contribution is 2.43. The van der Waals surface area contributed by atoms with Gasteiger partial charge in [-0.05, 0) is 86.5 Å². The maximum Gasteiger partial charge on any atom is 0.159 e. The molecule has 0 saturated carbocycles. The van der Waals surface area contributed by atoms with E-state index < -0.39 is 0 Å². The van der Waals surface area contributed by atoms with Crippen LogP contribution in [0.1, 0.15) is 20.8 Å². The van der Waals surface area contributed by atoms with Gasteiger partial charge in [-0.25, -0.2) is 0 Å². The first kappa shape index (κ1) is 25.4. The van der Waals surface area contributed by atoms with Gasteiger partial charge in [0.05, 0.1) is 5.69 Å². The summed E-state index contributed by atoms with van der Waals surface area (Å²) in [5, 5.41) is 4.81. The summed E-state index contributed by atoms with van der Waals surface area (Å²) in [5.41, 5.74) is 9.82. The summed E-state index contributed by atoms with van der Waals surface area (Å²) < 4.78 is 8.96. The Balaban J connectivity index is 1.32. The molecular formula is C40H32N2O. The van der Waals surface area contributed by atoms with E-state index in [9.17, 15) is 0 Å². The smallest absolute Gasteiger partial charge is 0.159 e. The van der Waals surface area contributed by atoms with Crippen molar-refractivity contribution in [3.63, 3.8) is 0 Å². The molecule has 0 saturated heterocycles. The van der Waals surface area contributed by atoms with Gasteiger partial charge in [0.15, 0.2) is 5.58 Å². The highest BCUT2D eigenvalue weighted by Gasteiger charge is 2.22. The van der Waals surface area contributed by atoms with Crippen molar-refractivity contribution in [1.82, 2.24) is 4.57 Å². The molecule has 0 amide bonds. The Hall–Kier alpha value is -5.28. The monoisotopic (exact) mass is 556 g/mol. The lowest BCUT2D eigenvalue weighted by molar-refractivity contribution is 0.423. The molecule has 0 unspecified atom stereocenters. The van der Waals surface area contributed by atoms with E-state index in [0.717, 1.165) is 39.0 Å². The molecule has 0 aliphatic heterocycles. The number of benzene rings is 6. The molecule has 0 atom stereocenters. The first-order valence-electron chi connectivity index (χ1n) is 14.9. The molecule has 0 N–H and O–H groups in total. The van der Waals surface area contributed by atoms with Crippen LogP contribution in [-0.4, -0.2) is 4.57 Å². The van der Waals surface area contributed by atoms with Crippen molar-refractivity contribution in [1.29, 1.82) is 0 Å². The van der Waals surface area contributed by atoms with Crippen LogP contribution in [0.15, 0.2) is 144 Å². The molecule has 3 heteroatoms. The Labute approximate surface area is 251 Å². The van der Waals surface area contributed by atoms with E-state index in [-0.39, 0.29) is 5.54 Å². The third-order valence-electron chi connectivity index (χ3n) is 8.42. The number of hydrogen-bond acceptors (Lipinski definition) is 2. The molecule has 2 aromatic heterocycles. The zero-order chi connectivity index (χ0) is 29.1. The highest BCUT2D eigenvalue weighted by atomic mass is 16.3. The van der Waals surface area contributed by atoms with E-state index in [1.165, 1.54) is 32.9 Å². The quantitative estimate of drug-likeness (QED) is 0.215. The Bertz CT molecular complexity index is 2280. The van der Waals surface area contributed by atoms with Crippen LogP contribution in [0.25, 0.3) is 54.9 Å². The maximum absolute atomic E-state index is 6.50. The number of hydrogen-bond donors (Lipinski definition) is 0. The average molecular weight is 557 g/mol. The molecular weight excluding hydrogens is 524 g/mol. The van der Waals surface area contributed by atoms with Crippen LogP contribution in [0.5, 0.6) is 0 Å². The van der Waals surface area contributed by atoms with Crippen LogP contribution in [0.2, 0.25) is 0 Å². The van der Waals surface area contributed by atoms with E-state index in [2.05, 4.69) is 158 Å². The predicted octanol–water partition coefficient (Wildman–Crippen LogP) is 11.6. The van der Waals surface area contributed by atoms with Crippen molar-refractivity contribution >= 4 is 60.8 Å². The molecule has 6 aromatic carbocycles. The topological polar surface area (TPSA) is 21.3 Å². The van der Waals surface area contributed by atoms with Crippen molar-refractivity contribution in [2.24, 2.45) is 0 Å². The number of fused-ring (bicyclic) bond motifs is 6. The fourth-order valence-corrected chi connectivity index (χ4v) is 6.61. The standard InChI is InChI=1S/C40H32N2O/c1-40(2,3)42-35-20-9-7-17-31(35)34-26-28(23-24-36(34)42)27-13-11-16-30(25-27)41(29-14-5-4-6-15-29)37-21-12-19-33-32-18-8-10-22-38(32)43-39(33)37/h4-26H,1-3H3. The SMILES string of the molecule is CC(C)(C)n1c2ccccc2c2cc(-c3cccc(N(c4ccccc4)c4cccc5c4oc4ccccc45)c3)ccc21. The van der Waals surface area contributed by atoms with Crippen LogP contribution in [-0.2, 0) is 5.54 Å². The molecule has 0 spiro atoms. The van der Waals surface area contributed by atoms with E-state index in [1.807, 2.05) is 12.1 Å². The lowest BCUT2D eigenvalue weighted by atomic mass is 10.0. The minimum absolute atomic E-state index is 0.0311. The number of para-hydroxylation sites is 4. The normalized spacial score (nSPS) is 12.1. The lowest BCUT2D eigenvalue weighted by Gasteiger charge is -2.26. The van der Waals surface area contributed by atoms with Gasteiger partial charge >= 0.3 is 0 Å². The zero-order valence-electron chi connectivity index (χ0n) is 24.6. The third-order valence-corrected chi connectivity index (χ3v) is 8.42. The fraction of sp³-hybridized carbons (Fsp3) is 0.100. The Morgan fingerprint density at radius 2 is 1.16 bits per heavy atom. The van der Waals surface area contributed by atoms with Gasteiger partial charge in [0.1, 0.15) is 5.58 Å². The first-order chi connectivity index (χ1) is 21.0. The van der Waals surface area contributed by atoms with Gasteiger partial charge in [0.2, 0.25) is 0 Å². The van der Waals surface area contributed by atoms with E-state index in [4.69, 9.17) is 4.42 Å². The number of anilines is 3. The second-order valence-electron chi connectivity index (χ2n) is 12.2. The van der Waals surface area contributed by atoms with Gasteiger partial charge in [0.25, 0.3) is 0 Å². The van der Waals surface area contributed by atoms with Crippen LogP contribution in [0.3, 0.4) is 0 Å². The molecule has 0 aliphatic carbocycles. The number of aromatic nitrogens is 1. The molecule has 0 fully saturated rings. The molecule has 8 aromatic rings. The molecule has 0 radical (unpaired) electrons. The first-order valence-corrected chi connectivity index (χ1v) is 14.9. The van der Waals surface area contributed by atoms with Gasteiger partial charge in [-0.3, -0.25) is 0 Å². The van der Waals surface area contributed by atoms with Crippen molar-refractivity contribution in [3.05, 3.63) is 140 Å². The van der Waals surface area contributed by atoms with Crippen molar-refractivity contribution in [2.45, 2.75) is 26.3 Å². The minimum Gasteiger partial charge on any atom is -0.454 e. The third kappa shape index (κ3) is 4.11. The van der Waals surface area contributed by atoms with Crippen LogP contribution in [0.4, 0.5) is 17.1 Å². The molecule has 2 heterocycles. The van der Waals surface area contributed by atoms with Crippen LogP contribution < -0.4 is 4.90 Å². The van der Waals surface area contributed by atoms with E-state index >= 15 is 0 Å². The minimum atomic E-state index is -0.0311. The predicted molar refractivity (Wildman–Crippen MR) is 182 cm³/mol. The second-order valence-corrected chi connectivity index (χ2v) is 12.2. The van der Waals surface area contributed by atoms with Crippen molar-refractivity contribution in [2.75, 3.05) is 4.90 Å². The fourth-order valence-electron chi connectivity index (χ4n) is 6.61. The maximum atomic E-state index is 6.50. The molecule has 0 bridgehead atoms. The summed E-state index contributed by atoms with van der Waals surface area (Å²) in [4.78, 5) is 2.30. The molecule has 0 aliphatic rings. The second kappa shape index (κ2) is 9.64. The molecule has 3 nitrogen and oxygen atoms in total. The summed E-state index contributed by atoms with van der Waals surface area (Å²) >= 11 is 0. The van der Waals surface area contributed by atoms with Gasteiger partial charge in [-0.15, -0.1) is 0 Å². The summed E-state index contributed by atoms with van der Waals surface area (Å²) in [7, 11) is 0. The summed E-state index contributed by atoms with van der Waals surface area (Å²) in [6.45, 7) is 6.82. The Kier molecular flexibility index (Phi) is 5.70. The zero-order valence-corrected chi connectivity index (χ0v) is 24.6. The number of rotatable bonds is 4. The van der Waals surface area contributed by atoms with Crippen LogP contribution in [0, 0.1) is 0 Å². The number of nitrogens with zero attached hydrogens (tertiary/aromatic N) is 2. The van der Waals surface area contributed by atoms with Gasteiger partial charge in [-0.2, -0.15) is 0 Å².